The summed E-state index contributed by atoms with van der Waals surface area (Å²) in [6.07, 6.45) is 2.91. The van der Waals surface area contributed by atoms with Crippen LogP contribution in [-0.2, 0) is 6.42 Å². The Bertz CT molecular complexity index is 238. The van der Waals surface area contributed by atoms with Crippen LogP contribution in [0.5, 0.6) is 0 Å². The van der Waals surface area contributed by atoms with E-state index in [-0.39, 0.29) is 0 Å². The second-order valence-electron chi connectivity index (χ2n) is 2.32. The minimum Gasteiger partial charge on any atom is -0.346 e. The third-order valence-electron chi connectivity index (χ3n) is 1.14. The molecule has 2 nitrogen and oxygen atoms in total. The maximum Gasteiger partial charge on any atom is 0.438 e. The Balaban J connectivity index is 0.000000252. The summed E-state index contributed by atoms with van der Waals surface area (Å²) in [4.78, 5) is 7.15. The molecule has 0 unspecified atom stereocenters. The molecule has 0 bridgehead atoms. The summed E-state index contributed by atoms with van der Waals surface area (Å²) in [5.74, 6) is 1.00. The molecule has 1 rings (SSSR count). The normalized spacial score (nSPS) is 10.6. The van der Waals surface area contributed by atoms with Crippen LogP contribution in [0.2, 0.25) is 0 Å². The number of aromatic nitrogens is 2. The smallest absolute Gasteiger partial charge is 0.346 e. The van der Waals surface area contributed by atoms with Crippen LogP contribution in [-0.4, -0.2) is 15.5 Å². The van der Waals surface area contributed by atoms with Crippen molar-refractivity contribution in [1.82, 2.24) is 9.97 Å². The summed E-state index contributed by atoms with van der Waals surface area (Å²) in [6, 6.07) is 0. The van der Waals surface area contributed by atoms with Gasteiger partial charge in [-0.2, -0.15) is 13.2 Å². The first-order valence-electron chi connectivity index (χ1n) is 3.62. The number of nitrogens with zero attached hydrogens (tertiary/aromatic N) is 1. The van der Waals surface area contributed by atoms with Gasteiger partial charge in [0.05, 0.1) is 0 Å². The highest BCUT2D eigenvalue weighted by Gasteiger charge is 2.17. The number of nitrogens with one attached hydrogen (secondary N) is 1. The summed E-state index contributed by atoms with van der Waals surface area (Å²) in [7, 11) is 0. The number of halogens is 3. The highest BCUT2D eigenvalue weighted by molar-refractivity contribution is 7.81. The molecule has 0 atom stereocenters. The first kappa shape index (κ1) is 12.3. The molecule has 0 spiro atoms. The summed E-state index contributed by atoms with van der Waals surface area (Å²) in [6.45, 7) is 4.06. The van der Waals surface area contributed by atoms with Gasteiger partial charge in [0.15, 0.2) is 0 Å². The van der Waals surface area contributed by atoms with Gasteiger partial charge in [-0.25, -0.2) is 4.98 Å². The third kappa shape index (κ3) is 9.26. The molecule has 0 amide bonds. The fraction of sp³-hybridized carbons (Fsp3) is 0.571. The van der Waals surface area contributed by atoms with Crippen LogP contribution in [0.4, 0.5) is 13.2 Å². The molecule has 0 saturated carbocycles. The predicted molar refractivity (Wildman–Crippen MR) is 47.7 cm³/mol. The van der Waals surface area contributed by atoms with E-state index in [4.69, 9.17) is 0 Å². The molecule has 6 heteroatoms. The highest BCUT2D eigenvalue weighted by atomic mass is 32.1. The maximum atomic E-state index is 10.2. The number of rotatable bonds is 1. The monoisotopic (exact) mass is 212 g/mol. The first-order valence-corrected chi connectivity index (χ1v) is 4.07. The van der Waals surface area contributed by atoms with Crippen molar-refractivity contribution < 1.29 is 13.2 Å². The molecular weight excluding hydrogens is 201 g/mol. The Kier molecular flexibility index (Phi) is 4.90. The Morgan fingerprint density at radius 1 is 1.54 bits per heavy atom. The lowest BCUT2D eigenvalue weighted by molar-refractivity contribution is -0.0303. The summed E-state index contributed by atoms with van der Waals surface area (Å²) in [5.41, 5.74) is -3.09. The number of hydrogen-bond donors (Lipinski definition) is 2. The first-order chi connectivity index (χ1) is 5.83. The van der Waals surface area contributed by atoms with Crippen LogP contribution in [0.3, 0.4) is 0 Å². The molecule has 0 aromatic carbocycles. The molecule has 0 saturated heterocycles. The molecule has 1 aromatic rings. The molecule has 1 N–H and O–H groups in total. The summed E-state index contributed by atoms with van der Waals surface area (Å²) >= 11 is 2.12. The van der Waals surface area contributed by atoms with Crippen molar-refractivity contribution in [2.45, 2.75) is 25.8 Å². The summed E-state index contributed by atoms with van der Waals surface area (Å²) < 4.78 is 30.7. The number of aryl methyl sites for hydroxylation is 2. The van der Waals surface area contributed by atoms with E-state index in [1.165, 1.54) is 5.69 Å². The summed E-state index contributed by atoms with van der Waals surface area (Å²) in [5, 5.41) is 0. The van der Waals surface area contributed by atoms with Gasteiger partial charge in [0.25, 0.3) is 0 Å². The number of thiol groups is 1. The lowest BCUT2D eigenvalue weighted by atomic mass is 10.4. The Labute approximate surface area is 80.0 Å². The van der Waals surface area contributed by atoms with Crippen molar-refractivity contribution in [1.29, 1.82) is 0 Å². The van der Waals surface area contributed by atoms with Gasteiger partial charge in [-0.15, -0.1) is 0 Å². The fourth-order valence-electron chi connectivity index (χ4n) is 0.651. The van der Waals surface area contributed by atoms with Crippen molar-refractivity contribution >= 4 is 12.6 Å². The quantitative estimate of drug-likeness (QED) is 0.688. The van der Waals surface area contributed by atoms with Crippen molar-refractivity contribution in [2.75, 3.05) is 0 Å². The van der Waals surface area contributed by atoms with E-state index < -0.39 is 5.51 Å². The molecule has 0 aliphatic rings. The van der Waals surface area contributed by atoms with Crippen LogP contribution in [0.15, 0.2) is 6.20 Å². The Hall–Kier alpha value is -0.650. The minimum atomic E-state index is -4.31. The van der Waals surface area contributed by atoms with Gasteiger partial charge in [0.2, 0.25) is 0 Å². The third-order valence-corrected chi connectivity index (χ3v) is 1.14. The number of hydrogen-bond acceptors (Lipinski definition) is 2. The lowest BCUT2D eigenvalue weighted by Gasteiger charge is -1.87. The zero-order valence-corrected chi connectivity index (χ0v) is 8.21. The average molecular weight is 212 g/mol. The van der Waals surface area contributed by atoms with E-state index >= 15 is 0 Å². The van der Waals surface area contributed by atoms with Crippen LogP contribution < -0.4 is 0 Å². The molecule has 1 aromatic heterocycles. The predicted octanol–water partition coefficient (Wildman–Crippen LogP) is 2.72. The molecule has 0 aliphatic heterocycles. The topological polar surface area (TPSA) is 28.7 Å². The number of aromatic amines is 1. The Morgan fingerprint density at radius 2 is 2.00 bits per heavy atom. The van der Waals surface area contributed by atoms with E-state index in [1.54, 1.807) is 0 Å². The average Bonchev–Trinajstić information content (AvgIpc) is 2.31. The van der Waals surface area contributed by atoms with Crippen LogP contribution >= 0.6 is 12.6 Å². The van der Waals surface area contributed by atoms with Crippen molar-refractivity contribution in [2.24, 2.45) is 0 Å². The zero-order valence-electron chi connectivity index (χ0n) is 7.31. The second-order valence-corrected chi connectivity index (χ2v) is 2.82. The molecule has 0 aliphatic carbocycles. The molecule has 1 heterocycles. The highest BCUT2D eigenvalue weighted by Crippen LogP contribution is 2.17. The molecule has 76 valence electrons. The van der Waals surface area contributed by atoms with Crippen LogP contribution in [0, 0.1) is 6.92 Å². The molecular formula is C7H11F3N2S. The van der Waals surface area contributed by atoms with Gasteiger partial charge in [-0.05, 0) is 13.3 Å². The zero-order chi connectivity index (χ0) is 10.5. The minimum absolute atomic E-state index is 1.00. The van der Waals surface area contributed by atoms with E-state index in [9.17, 15) is 13.2 Å². The van der Waals surface area contributed by atoms with Crippen molar-refractivity contribution in [3.05, 3.63) is 17.7 Å². The van der Waals surface area contributed by atoms with Gasteiger partial charge >= 0.3 is 5.51 Å². The van der Waals surface area contributed by atoms with Gasteiger partial charge in [0.1, 0.15) is 5.82 Å². The van der Waals surface area contributed by atoms with E-state index in [2.05, 4.69) is 29.5 Å². The van der Waals surface area contributed by atoms with E-state index in [0.717, 1.165) is 12.2 Å². The fourth-order valence-corrected chi connectivity index (χ4v) is 0.651. The lowest BCUT2D eigenvalue weighted by Crippen LogP contribution is -1.89. The van der Waals surface area contributed by atoms with Crippen molar-refractivity contribution in [3.8, 4) is 0 Å². The molecule has 0 fully saturated rings. The largest absolute Gasteiger partial charge is 0.438 e. The van der Waals surface area contributed by atoms with Gasteiger partial charge < -0.3 is 4.98 Å². The molecule has 13 heavy (non-hydrogen) atoms. The standard InChI is InChI=1S/C6H10N2.CHF3S/c1-3-6-4-7-5(2)8-6;2-1(3,4)5/h4H,3H2,1-2H3,(H,7,8);5H. The number of imidazole rings is 1. The van der Waals surface area contributed by atoms with E-state index in [0.29, 0.717) is 0 Å². The number of H-pyrrole nitrogens is 1. The van der Waals surface area contributed by atoms with Crippen LogP contribution in [0.1, 0.15) is 18.4 Å². The van der Waals surface area contributed by atoms with Crippen LogP contribution in [0.25, 0.3) is 0 Å². The van der Waals surface area contributed by atoms with Gasteiger partial charge in [-0.1, -0.05) is 19.6 Å². The second kappa shape index (κ2) is 5.16. The SMILES string of the molecule is CCc1cnc(C)[nH]1.FC(F)(F)S. The maximum absolute atomic E-state index is 10.2. The molecule has 0 radical (unpaired) electrons. The Morgan fingerprint density at radius 3 is 2.15 bits per heavy atom. The van der Waals surface area contributed by atoms with Gasteiger partial charge in [-0.3, -0.25) is 0 Å². The van der Waals surface area contributed by atoms with Gasteiger partial charge in [0, 0.05) is 11.9 Å². The van der Waals surface area contributed by atoms with Crippen molar-refractivity contribution in [3.63, 3.8) is 0 Å². The number of alkyl halides is 3. The van der Waals surface area contributed by atoms with E-state index in [1.807, 2.05) is 13.1 Å².